The van der Waals surface area contributed by atoms with Crippen LogP contribution in [-0.4, -0.2) is 55.6 Å². The maximum Gasteiger partial charge on any atom is 0.348 e. The topological polar surface area (TPSA) is 71.0 Å². The molecule has 2 aliphatic heterocycles. The first-order valence-corrected chi connectivity index (χ1v) is 16.4. The van der Waals surface area contributed by atoms with E-state index in [4.69, 9.17) is 4.74 Å². The predicted octanol–water partition coefficient (Wildman–Crippen LogP) is 7.07. The van der Waals surface area contributed by atoms with E-state index in [0.717, 1.165) is 58.9 Å². The van der Waals surface area contributed by atoms with Gasteiger partial charge < -0.3 is 15.0 Å². The van der Waals surface area contributed by atoms with Crippen LogP contribution in [-0.2, 0) is 9.53 Å². The highest BCUT2D eigenvalue weighted by atomic mass is 32.2. The lowest BCUT2D eigenvalue weighted by Gasteiger charge is -2.34. The molecule has 2 aliphatic carbocycles. The number of thiophene rings is 1. The number of amides is 1. The van der Waals surface area contributed by atoms with Crippen molar-refractivity contribution < 1.29 is 14.3 Å². The molecular formula is C32H41N3O3S2. The van der Waals surface area contributed by atoms with Gasteiger partial charge in [0.2, 0.25) is 0 Å². The Kier molecular flexibility index (Phi) is 9.49. The summed E-state index contributed by atoms with van der Waals surface area (Å²) >= 11 is 3.00. The molecule has 1 aromatic rings. The fourth-order valence-electron chi connectivity index (χ4n) is 6.46. The van der Waals surface area contributed by atoms with Crippen molar-refractivity contribution in [1.29, 1.82) is 0 Å². The highest BCUT2D eigenvalue weighted by Gasteiger charge is 2.31. The molecule has 1 amide bonds. The minimum Gasteiger partial charge on any atom is -0.465 e. The lowest BCUT2D eigenvalue weighted by atomic mass is 9.78. The largest absolute Gasteiger partial charge is 0.465 e. The summed E-state index contributed by atoms with van der Waals surface area (Å²) in [5.41, 5.74) is 8.62. The monoisotopic (exact) mass is 579 g/mol. The van der Waals surface area contributed by atoms with Gasteiger partial charge >= 0.3 is 5.97 Å². The Balaban J connectivity index is 1.45. The number of aliphatic imine (C=N–C) groups is 1. The summed E-state index contributed by atoms with van der Waals surface area (Å²) in [6.45, 7) is 6.23. The smallest absolute Gasteiger partial charge is 0.348 e. The van der Waals surface area contributed by atoms with Gasteiger partial charge in [0, 0.05) is 34.8 Å². The summed E-state index contributed by atoms with van der Waals surface area (Å²) in [5.74, 6) is 0.497. The van der Waals surface area contributed by atoms with Gasteiger partial charge in [-0.1, -0.05) is 50.9 Å². The van der Waals surface area contributed by atoms with Gasteiger partial charge in [0.05, 0.1) is 18.7 Å². The fourth-order valence-corrected chi connectivity index (χ4v) is 8.40. The second-order valence-corrected chi connectivity index (χ2v) is 13.2. The van der Waals surface area contributed by atoms with Crippen molar-refractivity contribution in [3.63, 3.8) is 0 Å². The van der Waals surface area contributed by atoms with Crippen molar-refractivity contribution in [3.05, 3.63) is 55.8 Å². The number of hydrogen-bond acceptors (Lipinski definition) is 7. The van der Waals surface area contributed by atoms with Crippen molar-refractivity contribution in [2.45, 2.75) is 71.3 Å². The van der Waals surface area contributed by atoms with E-state index >= 15 is 0 Å². The SMILES string of the molecule is CC[C@H]1N=CSC=C1C(=O)NC1=CC=C(c2cc(C3=C(C4CCCCC4)CN(C)CC3)c(C(=O)OC)s2)C(C)C1. The van der Waals surface area contributed by atoms with Crippen LogP contribution in [0.3, 0.4) is 0 Å². The Hall–Kier alpha value is -2.42. The molecule has 40 heavy (non-hydrogen) atoms. The summed E-state index contributed by atoms with van der Waals surface area (Å²) in [7, 11) is 3.68. The number of nitrogens with one attached hydrogen (secondary N) is 1. The van der Waals surface area contributed by atoms with E-state index in [1.54, 1.807) is 16.9 Å². The highest BCUT2D eigenvalue weighted by Crippen LogP contribution is 2.44. The van der Waals surface area contributed by atoms with Crippen molar-refractivity contribution >= 4 is 51.7 Å². The zero-order valence-corrected chi connectivity index (χ0v) is 25.8. The van der Waals surface area contributed by atoms with E-state index in [1.165, 1.54) is 67.7 Å². The highest BCUT2D eigenvalue weighted by molar-refractivity contribution is 8.14. The van der Waals surface area contributed by atoms with Gasteiger partial charge in [0.25, 0.3) is 5.91 Å². The molecule has 0 bridgehead atoms. The number of hydrogen-bond donors (Lipinski definition) is 1. The number of nitrogens with zero attached hydrogens (tertiary/aromatic N) is 2. The molecule has 1 unspecified atom stereocenters. The Bertz CT molecular complexity index is 1300. The average molecular weight is 580 g/mol. The van der Waals surface area contributed by atoms with E-state index < -0.39 is 0 Å². The molecule has 5 rings (SSSR count). The number of ether oxygens (including phenoxy) is 1. The van der Waals surface area contributed by atoms with Crippen LogP contribution in [0.15, 0.2) is 45.5 Å². The van der Waals surface area contributed by atoms with Gasteiger partial charge in [-0.25, -0.2) is 4.79 Å². The van der Waals surface area contributed by atoms with E-state index in [1.807, 2.05) is 18.4 Å². The second-order valence-electron chi connectivity index (χ2n) is 11.4. The zero-order chi connectivity index (χ0) is 28.2. The second kappa shape index (κ2) is 13.0. The number of methoxy groups -OCH3 is 1. The third kappa shape index (κ3) is 6.24. The Labute approximate surface area is 246 Å². The number of rotatable bonds is 7. The molecule has 1 N–H and O–H groups in total. The molecule has 0 saturated heterocycles. The van der Waals surface area contributed by atoms with Gasteiger partial charge in [-0.15, -0.1) is 11.3 Å². The van der Waals surface area contributed by atoms with Gasteiger partial charge in [0.1, 0.15) is 4.88 Å². The third-order valence-electron chi connectivity index (χ3n) is 8.68. The van der Waals surface area contributed by atoms with Crippen LogP contribution in [0.5, 0.6) is 0 Å². The molecule has 0 spiro atoms. The van der Waals surface area contributed by atoms with Crippen molar-refractivity contribution in [2.24, 2.45) is 16.8 Å². The van der Waals surface area contributed by atoms with E-state index in [9.17, 15) is 9.59 Å². The van der Waals surface area contributed by atoms with Crippen LogP contribution in [0.25, 0.3) is 11.1 Å². The van der Waals surface area contributed by atoms with Crippen LogP contribution < -0.4 is 5.32 Å². The van der Waals surface area contributed by atoms with E-state index in [-0.39, 0.29) is 23.8 Å². The van der Waals surface area contributed by atoms with Crippen LogP contribution in [0.1, 0.15) is 85.3 Å². The number of thioether (sulfide) groups is 1. The van der Waals surface area contributed by atoms with Crippen LogP contribution in [0, 0.1) is 11.8 Å². The first-order chi connectivity index (χ1) is 19.4. The minimum atomic E-state index is -0.250. The predicted molar refractivity (Wildman–Crippen MR) is 167 cm³/mol. The quantitative estimate of drug-likeness (QED) is 0.350. The van der Waals surface area contributed by atoms with Gasteiger partial charge in [-0.3, -0.25) is 9.79 Å². The molecule has 4 aliphatic rings. The summed E-state index contributed by atoms with van der Waals surface area (Å²) in [5, 5.41) is 5.04. The maximum atomic E-state index is 13.0. The Morgan fingerprint density at radius 2 is 2.00 bits per heavy atom. The molecule has 6 nitrogen and oxygen atoms in total. The molecule has 1 aromatic heterocycles. The molecular weight excluding hydrogens is 539 g/mol. The first-order valence-electron chi connectivity index (χ1n) is 14.6. The molecule has 214 valence electrons. The van der Waals surface area contributed by atoms with Crippen molar-refractivity contribution in [2.75, 3.05) is 27.2 Å². The lowest BCUT2D eigenvalue weighted by Crippen LogP contribution is -2.31. The zero-order valence-electron chi connectivity index (χ0n) is 24.1. The number of likely N-dealkylation sites (N-methyl/N-ethyl adjacent to an activating group) is 1. The normalized spacial score (nSPS) is 24.4. The minimum absolute atomic E-state index is 0.0673. The molecule has 1 fully saturated rings. The summed E-state index contributed by atoms with van der Waals surface area (Å²) in [4.78, 5) is 34.8. The van der Waals surface area contributed by atoms with Gasteiger partial charge in [-0.2, -0.15) is 0 Å². The summed E-state index contributed by atoms with van der Waals surface area (Å²) < 4.78 is 5.28. The van der Waals surface area contributed by atoms with Gasteiger partial charge in [0.15, 0.2) is 0 Å². The molecule has 0 radical (unpaired) electrons. The van der Waals surface area contributed by atoms with Gasteiger partial charge in [-0.05, 0) is 85.3 Å². The molecule has 3 heterocycles. The number of allylic oxidation sites excluding steroid dienone is 4. The third-order valence-corrected chi connectivity index (χ3v) is 10.5. The standard InChI is InChI=1S/C32H41N3O3S2/c1-5-28-27(18-39-19-33-28)31(36)34-22-11-12-23(20(2)15-22)29-16-25(30(40-29)32(37)38-4)24-13-14-35(3)17-26(24)21-9-7-6-8-10-21/h11-12,16,18-21,28H,5-10,13-15,17H2,1-4H3,(H,34,36)/t20?,28-/m1/s1. The van der Waals surface area contributed by atoms with Crippen molar-refractivity contribution in [3.8, 4) is 0 Å². The summed E-state index contributed by atoms with van der Waals surface area (Å²) in [6.07, 6.45) is 13.1. The summed E-state index contributed by atoms with van der Waals surface area (Å²) in [6, 6.07) is 2.16. The number of carbonyl (C=O) groups is 2. The van der Waals surface area contributed by atoms with Crippen molar-refractivity contribution in [1.82, 2.24) is 10.2 Å². The fraction of sp³-hybridized carbons (Fsp3) is 0.531. The van der Waals surface area contributed by atoms with Crippen LogP contribution >= 0.6 is 23.1 Å². The molecule has 0 aromatic carbocycles. The Morgan fingerprint density at radius 1 is 1.20 bits per heavy atom. The molecule has 8 heteroatoms. The van der Waals surface area contributed by atoms with Crippen LogP contribution in [0.2, 0.25) is 0 Å². The van der Waals surface area contributed by atoms with E-state index in [0.29, 0.717) is 5.92 Å². The molecule has 1 saturated carbocycles. The average Bonchev–Trinajstić information content (AvgIpc) is 3.42. The van der Waals surface area contributed by atoms with Crippen LogP contribution in [0.4, 0.5) is 0 Å². The first kappa shape index (κ1) is 29.1. The maximum absolute atomic E-state index is 13.0. The van der Waals surface area contributed by atoms with E-state index in [2.05, 4.69) is 41.3 Å². The number of carbonyl (C=O) groups excluding carboxylic acids is 2. The lowest BCUT2D eigenvalue weighted by molar-refractivity contribution is -0.117. The molecule has 2 atom stereocenters. The Morgan fingerprint density at radius 3 is 2.73 bits per heavy atom. The number of esters is 1.